The lowest BCUT2D eigenvalue weighted by atomic mass is 10.0. The number of hydrogen-bond acceptors (Lipinski definition) is 4. The molecule has 4 rings (SSSR count). The fraction of sp³-hybridized carbons (Fsp3) is 0.167. The van der Waals surface area contributed by atoms with Gasteiger partial charge in [-0.1, -0.05) is 42.5 Å². The van der Waals surface area contributed by atoms with Gasteiger partial charge in [-0.3, -0.25) is 0 Å². The lowest BCUT2D eigenvalue weighted by Gasteiger charge is -2.09. The molecular formula is C24H22N2O2. The van der Waals surface area contributed by atoms with Crippen molar-refractivity contribution in [3.05, 3.63) is 90.1 Å². The van der Waals surface area contributed by atoms with E-state index in [2.05, 4.69) is 58.7 Å². The van der Waals surface area contributed by atoms with E-state index in [9.17, 15) is 0 Å². The Hall–Kier alpha value is -3.24. The number of rotatable bonds is 7. The second-order valence-corrected chi connectivity index (χ2v) is 6.68. The molecule has 0 fully saturated rings. The molecule has 3 aromatic carbocycles. The lowest BCUT2D eigenvalue weighted by Crippen LogP contribution is -1.97. The van der Waals surface area contributed by atoms with Crippen LogP contribution in [0.3, 0.4) is 0 Å². The molecule has 140 valence electrons. The normalized spacial score (nSPS) is 10.9. The molecule has 0 atom stereocenters. The summed E-state index contributed by atoms with van der Waals surface area (Å²) in [5, 5.41) is 9.14. The SMILES string of the molecule is COCCc1ccc(OCc2ccc(-c3ccc4nnccc4c3)cc2)cc1. The lowest BCUT2D eigenvalue weighted by molar-refractivity contribution is 0.202. The first-order chi connectivity index (χ1) is 13.8. The van der Waals surface area contributed by atoms with E-state index in [0.717, 1.165) is 35.2 Å². The van der Waals surface area contributed by atoms with Crippen LogP contribution in [0.1, 0.15) is 11.1 Å². The quantitative estimate of drug-likeness (QED) is 0.456. The monoisotopic (exact) mass is 370 g/mol. The second kappa shape index (κ2) is 8.63. The average molecular weight is 370 g/mol. The number of methoxy groups -OCH3 is 1. The molecule has 0 aliphatic heterocycles. The third-order valence-electron chi connectivity index (χ3n) is 4.72. The Balaban J connectivity index is 1.40. The van der Waals surface area contributed by atoms with E-state index < -0.39 is 0 Å². The minimum absolute atomic E-state index is 0.547. The molecule has 1 heterocycles. The molecule has 0 unspecified atom stereocenters. The summed E-state index contributed by atoms with van der Waals surface area (Å²) < 4.78 is 11.0. The molecule has 4 heteroatoms. The molecule has 4 nitrogen and oxygen atoms in total. The van der Waals surface area contributed by atoms with Crippen molar-refractivity contribution in [3.63, 3.8) is 0 Å². The van der Waals surface area contributed by atoms with E-state index in [1.54, 1.807) is 13.3 Å². The van der Waals surface area contributed by atoms with Gasteiger partial charge < -0.3 is 9.47 Å². The Morgan fingerprint density at radius 3 is 2.32 bits per heavy atom. The van der Waals surface area contributed by atoms with Gasteiger partial charge in [-0.25, -0.2) is 0 Å². The van der Waals surface area contributed by atoms with Crippen molar-refractivity contribution in [2.24, 2.45) is 0 Å². The standard InChI is InChI=1S/C24H22N2O2/c1-27-15-13-18-4-9-23(10-5-18)28-17-19-2-6-20(7-3-19)21-8-11-24-22(16-21)12-14-25-26-24/h2-12,14,16H,13,15,17H2,1H3. The highest BCUT2D eigenvalue weighted by molar-refractivity contribution is 5.83. The first-order valence-electron chi connectivity index (χ1n) is 9.33. The molecule has 0 N–H and O–H groups in total. The van der Waals surface area contributed by atoms with Gasteiger partial charge in [0, 0.05) is 12.5 Å². The summed E-state index contributed by atoms with van der Waals surface area (Å²) in [7, 11) is 1.72. The minimum Gasteiger partial charge on any atom is -0.489 e. The van der Waals surface area contributed by atoms with E-state index in [1.165, 1.54) is 16.7 Å². The Labute approximate surface area is 164 Å². The van der Waals surface area contributed by atoms with Gasteiger partial charge in [-0.05, 0) is 59.0 Å². The fourth-order valence-electron chi connectivity index (χ4n) is 3.10. The summed E-state index contributed by atoms with van der Waals surface area (Å²) >= 11 is 0. The Kier molecular flexibility index (Phi) is 5.59. The van der Waals surface area contributed by atoms with Gasteiger partial charge in [0.25, 0.3) is 0 Å². The summed E-state index contributed by atoms with van der Waals surface area (Å²) in [5.41, 5.74) is 5.63. The van der Waals surface area contributed by atoms with E-state index >= 15 is 0 Å². The van der Waals surface area contributed by atoms with Crippen LogP contribution >= 0.6 is 0 Å². The van der Waals surface area contributed by atoms with Gasteiger partial charge in [0.15, 0.2) is 0 Å². The Bertz CT molecular complexity index is 1040. The number of aromatic nitrogens is 2. The van der Waals surface area contributed by atoms with Crippen molar-refractivity contribution in [2.75, 3.05) is 13.7 Å². The Morgan fingerprint density at radius 1 is 0.786 bits per heavy atom. The van der Waals surface area contributed by atoms with Crippen LogP contribution in [0, 0.1) is 0 Å². The van der Waals surface area contributed by atoms with Gasteiger partial charge >= 0.3 is 0 Å². The molecule has 0 amide bonds. The Morgan fingerprint density at radius 2 is 1.54 bits per heavy atom. The molecule has 28 heavy (non-hydrogen) atoms. The zero-order valence-corrected chi connectivity index (χ0v) is 15.8. The maximum Gasteiger partial charge on any atom is 0.119 e. The van der Waals surface area contributed by atoms with E-state index in [-0.39, 0.29) is 0 Å². The van der Waals surface area contributed by atoms with Crippen molar-refractivity contribution >= 4 is 10.9 Å². The predicted molar refractivity (Wildman–Crippen MR) is 111 cm³/mol. The van der Waals surface area contributed by atoms with Crippen LogP contribution in [0.2, 0.25) is 0 Å². The molecule has 0 spiro atoms. The van der Waals surface area contributed by atoms with Crippen LogP contribution in [0.5, 0.6) is 5.75 Å². The highest BCUT2D eigenvalue weighted by atomic mass is 16.5. The van der Waals surface area contributed by atoms with Gasteiger partial charge in [0.1, 0.15) is 12.4 Å². The fourth-order valence-corrected chi connectivity index (χ4v) is 3.10. The maximum atomic E-state index is 5.91. The van der Waals surface area contributed by atoms with Crippen LogP contribution in [0.15, 0.2) is 79.0 Å². The van der Waals surface area contributed by atoms with Crippen molar-refractivity contribution in [3.8, 4) is 16.9 Å². The summed E-state index contributed by atoms with van der Waals surface area (Å²) in [6.07, 6.45) is 2.64. The first kappa shape index (κ1) is 18.1. The van der Waals surface area contributed by atoms with Gasteiger partial charge in [0.2, 0.25) is 0 Å². The summed E-state index contributed by atoms with van der Waals surface area (Å²) in [4.78, 5) is 0. The number of fused-ring (bicyclic) bond motifs is 1. The zero-order valence-electron chi connectivity index (χ0n) is 15.8. The van der Waals surface area contributed by atoms with Crippen LogP contribution in [0.4, 0.5) is 0 Å². The van der Waals surface area contributed by atoms with Crippen molar-refractivity contribution in [1.82, 2.24) is 10.2 Å². The highest BCUT2D eigenvalue weighted by Crippen LogP contribution is 2.24. The molecule has 1 aromatic heterocycles. The average Bonchev–Trinajstić information content (AvgIpc) is 2.77. The molecule has 0 aliphatic carbocycles. The molecule has 4 aromatic rings. The topological polar surface area (TPSA) is 44.2 Å². The number of ether oxygens (including phenoxy) is 2. The number of hydrogen-bond donors (Lipinski definition) is 0. The van der Waals surface area contributed by atoms with Crippen LogP contribution < -0.4 is 4.74 Å². The van der Waals surface area contributed by atoms with E-state index in [1.807, 2.05) is 24.3 Å². The summed E-state index contributed by atoms with van der Waals surface area (Å²) in [5.74, 6) is 0.876. The number of nitrogens with zero attached hydrogens (tertiary/aromatic N) is 2. The minimum atomic E-state index is 0.547. The molecule has 0 saturated heterocycles. The van der Waals surface area contributed by atoms with E-state index in [4.69, 9.17) is 9.47 Å². The number of benzene rings is 3. The van der Waals surface area contributed by atoms with Crippen molar-refractivity contribution in [1.29, 1.82) is 0 Å². The van der Waals surface area contributed by atoms with Crippen molar-refractivity contribution < 1.29 is 9.47 Å². The van der Waals surface area contributed by atoms with E-state index in [0.29, 0.717) is 6.61 Å². The maximum absolute atomic E-state index is 5.91. The van der Waals surface area contributed by atoms with Gasteiger partial charge in [-0.15, -0.1) is 0 Å². The van der Waals surface area contributed by atoms with Gasteiger partial charge in [-0.2, -0.15) is 10.2 Å². The van der Waals surface area contributed by atoms with Gasteiger partial charge in [0.05, 0.1) is 18.3 Å². The molecular weight excluding hydrogens is 348 g/mol. The summed E-state index contributed by atoms with van der Waals surface area (Å²) in [6.45, 7) is 1.28. The van der Waals surface area contributed by atoms with Crippen LogP contribution in [-0.4, -0.2) is 23.9 Å². The second-order valence-electron chi connectivity index (χ2n) is 6.68. The third kappa shape index (κ3) is 4.35. The molecule has 0 saturated carbocycles. The smallest absolute Gasteiger partial charge is 0.119 e. The van der Waals surface area contributed by atoms with Crippen molar-refractivity contribution in [2.45, 2.75) is 13.0 Å². The van der Waals surface area contributed by atoms with Crippen LogP contribution in [-0.2, 0) is 17.8 Å². The molecule has 0 aliphatic rings. The predicted octanol–water partition coefficient (Wildman–Crippen LogP) is 5.06. The van der Waals surface area contributed by atoms with Crippen LogP contribution in [0.25, 0.3) is 22.0 Å². The molecule has 0 radical (unpaired) electrons. The largest absolute Gasteiger partial charge is 0.489 e. The highest BCUT2D eigenvalue weighted by Gasteiger charge is 2.02. The summed E-state index contributed by atoms with van der Waals surface area (Å²) in [6, 6.07) is 24.9. The first-order valence-corrected chi connectivity index (χ1v) is 9.33. The molecule has 0 bridgehead atoms. The zero-order chi connectivity index (χ0) is 19.2. The third-order valence-corrected chi connectivity index (χ3v) is 4.72.